The molecule has 0 spiro atoms. The molecular weight excluding hydrogens is 444 g/mol. The lowest BCUT2D eigenvalue weighted by atomic mass is 10.1. The van der Waals surface area contributed by atoms with E-state index < -0.39 is 0 Å². The number of carbonyl (C=O) groups is 2. The number of rotatable bonds is 3. The van der Waals surface area contributed by atoms with Gasteiger partial charge in [0.2, 0.25) is 0 Å². The van der Waals surface area contributed by atoms with Crippen LogP contribution in [0.5, 0.6) is 0 Å². The lowest BCUT2D eigenvalue weighted by Crippen LogP contribution is -2.51. The molecule has 31 heavy (non-hydrogen) atoms. The maximum absolute atomic E-state index is 13.4. The van der Waals surface area contributed by atoms with E-state index in [-0.39, 0.29) is 49.1 Å². The van der Waals surface area contributed by atoms with Crippen molar-refractivity contribution in [3.05, 3.63) is 58.9 Å². The first-order valence-electron chi connectivity index (χ1n) is 9.59. The van der Waals surface area contributed by atoms with Crippen molar-refractivity contribution in [3.63, 3.8) is 0 Å². The molecule has 10 heteroatoms. The standard InChI is InChI=1S/C21H20FN5O2.2ClH/c1-13-2-4-15-17(10-13)21(29)27(20(15)28)12-25-6-8-26(9-7-25)19-16-5-3-14(22)11-18(16)23-24-19;;/h2-5,10-11H,6-9,12H2,1H3,(H,23,24);2*1H. The van der Waals surface area contributed by atoms with E-state index in [1.54, 1.807) is 18.2 Å². The first-order valence-corrected chi connectivity index (χ1v) is 9.59. The molecule has 1 fully saturated rings. The van der Waals surface area contributed by atoms with Gasteiger partial charge in [-0.25, -0.2) is 4.39 Å². The molecule has 0 radical (unpaired) electrons. The molecule has 2 aliphatic heterocycles. The number of amides is 2. The topological polar surface area (TPSA) is 72.5 Å². The third kappa shape index (κ3) is 3.98. The average Bonchev–Trinajstić information content (AvgIpc) is 3.23. The van der Waals surface area contributed by atoms with Gasteiger partial charge in [0, 0.05) is 31.6 Å². The van der Waals surface area contributed by atoms with E-state index in [0.29, 0.717) is 42.8 Å². The Morgan fingerprint density at radius 1 is 0.968 bits per heavy atom. The number of aromatic nitrogens is 2. The van der Waals surface area contributed by atoms with Gasteiger partial charge in [0.25, 0.3) is 11.8 Å². The van der Waals surface area contributed by atoms with Crippen LogP contribution in [-0.4, -0.2) is 64.7 Å². The Kier molecular flexibility index (Phi) is 6.54. The molecule has 7 nitrogen and oxygen atoms in total. The number of benzene rings is 2. The molecule has 164 valence electrons. The summed E-state index contributed by atoms with van der Waals surface area (Å²) >= 11 is 0. The van der Waals surface area contributed by atoms with Gasteiger partial charge >= 0.3 is 0 Å². The van der Waals surface area contributed by atoms with Gasteiger partial charge in [-0.3, -0.25) is 24.5 Å². The monoisotopic (exact) mass is 465 g/mol. The number of fused-ring (bicyclic) bond motifs is 2. The maximum Gasteiger partial charge on any atom is 0.262 e. The second kappa shape index (κ2) is 8.82. The van der Waals surface area contributed by atoms with Gasteiger partial charge in [-0.05, 0) is 37.3 Å². The lowest BCUT2D eigenvalue weighted by Gasteiger charge is -2.36. The van der Waals surface area contributed by atoms with Crippen LogP contribution in [0.15, 0.2) is 36.4 Å². The van der Waals surface area contributed by atoms with Gasteiger partial charge in [-0.1, -0.05) is 11.6 Å². The highest BCUT2D eigenvalue weighted by Gasteiger charge is 2.36. The third-order valence-corrected chi connectivity index (χ3v) is 5.64. The van der Waals surface area contributed by atoms with Crippen LogP contribution in [0.25, 0.3) is 10.9 Å². The molecule has 3 heterocycles. The van der Waals surface area contributed by atoms with Gasteiger partial charge in [0.05, 0.1) is 23.3 Å². The number of halogens is 3. The number of hydrogen-bond donors (Lipinski definition) is 1. The maximum atomic E-state index is 13.4. The van der Waals surface area contributed by atoms with Gasteiger partial charge in [0.1, 0.15) is 5.82 Å². The highest BCUT2D eigenvalue weighted by molar-refractivity contribution is 6.21. The fourth-order valence-corrected chi connectivity index (χ4v) is 4.05. The van der Waals surface area contributed by atoms with Crippen molar-refractivity contribution in [3.8, 4) is 0 Å². The quantitative estimate of drug-likeness (QED) is 0.601. The molecule has 1 aromatic heterocycles. The Morgan fingerprint density at radius 2 is 1.68 bits per heavy atom. The number of imide groups is 1. The predicted octanol–water partition coefficient (Wildman–Crippen LogP) is 3.23. The molecule has 0 aliphatic carbocycles. The Labute approximate surface area is 191 Å². The van der Waals surface area contributed by atoms with Crippen molar-refractivity contribution in [2.45, 2.75) is 6.92 Å². The van der Waals surface area contributed by atoms with Crippen LogP contribution in [0.3, 0.4) is 0 Å². The second-order valence-corrected chi connectivity index (χ2v) is 7.57. The van der Waals surface area contributed by atoms with Crippen molar-refractivity contribution in [1.82, 2.24) is 20.0 Å². The molecule has 1 saturated heterocycles. The number of carbonyl (C=O) groups excluding carboxylic acids is 2. The fourth-order valence-electron chi connectivity index (χ4n) is 4.05. The Bertz CT molecular complexity index is 1140. The summed E-state index contributed by atoms with van der Waals surface area (Å²) in [7, 11) is 0. The smallest absolute Gasteiger partial charge is 0.262 e. The fraction of sp³-hybridized carbons (Fsp3) is 0.286. The van der Waals surface area contributed by atoms with E-state index >= 15 is 0 Å². The first kappa shape index (κ1) is 23.0. The first-order chi connectivity index (χ1) is 14.0. The Balaban J connectivity index is 0.00000136. The van der Waals surface area contributed by atoms with E-state index in [9.17, 15) is 14.0 Å². The van der Waals surface area contributed by atoms with Crippen LogP contribution >= 0.6 is 24.8 Å². The molecule has 5 rings (SSSR count). The van der Waals surface area contributed by atoms with Crippen LogP contribution in [0, 0.1) is 12.7 Å². The largest absolute Gasteiger partial charge is 0.352 e. The molecule has 0 unspecified atom stereocenters. The van der Waals surface area contributed by atoms with Crippen molar-refractivity contribution in [2.24, 2.45) is 0 Å². The number of H-pyrrole nitrogens is 1. The molecule has 0 atom stereocenters. The van der Waals surface area contributed by atoms with E-state index in [0.717, 1.165) is 16.8 Å². The van der Waals surface area contributed by atoms with Crippen molar-refractivity contribution >= 4 is 53.3 Å². The summed E-state index contributed by atoms with van der Waals surface area (Å²) in [6, 6.07) is 9.96. The number of nitrogens with one attached hydrogen (secondary N) is 1. The highest BCUT2D eigenvalue weighted by Crippen LogP contribution is 2.27. The summed E-state index contributed by atoms with van der Waals surface area (Å²) < 4.78 is 13.4. The zero-order chi connectivity index (χ0) is 20.1. The summed E-state index contributed by atoms with van der Waals surface area (Å²) in [5.41, 5.74) is 2.61. The van der Waals surface area contributed by atoms with Crippen LogP contribution < -0.4 is 4.90 Å². The van der Waals surface area contributed by atoms with E-state index in [2.05, 4.69) is 20.0 Å². The van der Waals surface area contributed by atoms with Crippen LogP contribution in [0.4, 0.5) is 10.2 Å². The van der Waals surface area contributed by atoms with Gasteiger partial charge in [-0.2, -0.15) is 5.10 Å². The van der Waals surface area contributed by atoms with Crippen LogP contribution in [-0.2, 0) is 0 Å². The molecule has 2 aliphatic rings. The number of piperazine rings is 1. The van der Waals surface area contributed by atoms with Gasteiger partial charge in [-0.15, -0.1) is 24.8 Å². The molecule has 0 bridgehead atoms. The number of nitrogens with zero attached hydrogens (tertiary/aromatic N) is 4. The molecule has 0 saturated carbocycles. The zero-order valence-corrected chi connectivity index (χ0v) is 18.4. The summed E-state index contributed by atoms with van der Waals surface area (Å²) in [5.74, 6) is 0.0497. The lowest BCUT2D eigenvalue weighted by molar-refractivity contribution is 0.0535. The minimum atomic E-state index is -0.298. The number of hydrogen-bond acceptors (Lipinski definition) is 5. The highest BCUT2D eigenvalue weighted by atomic mass is 35.5. The van der Waals surface area contributed by atoms with Crippen molar-refractivity contribution in [1.29, 1.82) is 0 Å². The van der Waals surface area contributed by atoms with Crippen molar-refractivity contribution in [2.75, 3.05) is 37.7 Å². The molecule has 2 amide bonds. The predicted molar refractivity (Wildman–Crippen MR) is 121 cm³/mol. The van der Waals surface area contributed by atoms with E-state index in [4.69, 9.17) is 0 Å². The summed E-state index contributed by atoms with van der Waals surface area (Å²) in [6.07, 6.45) is 0. The average molecular weight is 466 g/mol. The van der Waals surface area contributed by atoms with E-state index in [1.165, 1.54) is 17.0 Å². The number of aromatic amines is 1. The normalized spacial score (nSPS) is 16.3. The minimum Gasteiger partial charge on any atom is -0.352 e. The molecular formula is C21H22Cl2FN5O2. The summed E-state index contributed by atoms with van der Waals surface area (Å²) in [4.78, 5) is 30.9. The third-order valence-electron chi connectivity index (χ3n) is 5.64. The Morgan fingerprint density at radius 3 is 2.42 bits per heavy atom. The SMILES string of the molecule is Cc1ccc2c(c1)C(=O)N(CN1CCN(c3n[nH]c4cc(F)ccc34)CC1)C2=O.Cl.Cl. The summed E-state index contributed by atoms with van der Waals surface area (Å²) in [5, 5.41) is 8.11. The van der Waals surface area contributed by atoms with Gasteiger partial charge in [0.15, 0.2) is 5.82 Å². The van der Waals surface area contributed by atoms with Crippen molar-refractivity contribution < 1.29 is 14.0 Å². The summed E-state index contributed by atoms with van der Waals surface area (Å²) in [6.45, 7) is 5.00. The van der Waals surface area contributed by atoms with E-state index in [1.807, 2.05) is 13.0 Å². The zero-order valence-electron chi connectivity index (χ0n) is 16.8. The number of aryl methyl sites for hydroxylation is 1. The van der Waals surface area contributed by atoms with Crippen LogP contribution in [0.2, 0.25) is 0 Å². The minimum absolute atomic E-state index is 0. The number of anilines is 1. The Hall–Kier alpha value is -2.68. The second-order valence-electron chi connectivity index (χ2n) is 7.57. The van der Waals surface area contributed by atoms with Crippen LogP contribution in [0.1, 0.15) is 26.3 Å². The molecule has 1 N–H and O–H groups in total. The molecule has 3 aromatic rings. The van der Waals surface area contributed by atoms with Gasteiger partial charge < -0.3 is 4.90 Å². The molecule has 2 aromatic carbocycles.